The van der Waals surface area contributed by atoms with Gasteiger partial charge in [-0.25, -0.2) is 9.18 Å². The summed E-state index contributed by atoms with van der Waals surface area (Å²) in [4.78, 5) is 15.6. The molecule has 0 fully saturated rings. The van der Waals surface area contributed by atoms with E-state index in [1.54, 1.807) is 6.07 Å². The van der Waals surface area contributed by atoms with Gasteiger partial charge >= 0.3 is 6.03 Å². The Morgan fingerprint density at radius 3 is 2.46 bits per heavy atom. The Hall–Kier alpha value is -3.60. The maximum Gasteiger partial charge on any atom is 0.323 e. The maximum atomic E-state index is 13.4. The Kier molecular flexibility index (Phi) is 4.57. The second-order valence-electron chi connectivity index (χ2n) is 6.89. The number of aryl methyl sites for hydroxylation is 2. The van der Waals surface area contributed by atoms with Crippen molar-refractivity contribution in [2.45, 2.75) is 13.8 Å². The number of H-pyrrole nitrogens is 1. The number of urea groups is 1. The Morgan fingerprint density at radius 1 is 0.893 bits per heavy atom. The van der Waals surface area contributed by atoms with Gasteiger partial charge in [-0.15, -0.1) is 0 Å². The van der Waals surface area contributed by atoms with Crippen LogP contribution in [0, 0.1) is 19.7 Å². The van der Waals surface area contributed by atoms with Gasteiger partial charge in [0.05, 0.1) is 0 Å². The maximum absolute atomic E-state index is 13.4. The molecule has 4 rings (SSSR count). The molecule has 0 saturated heterocycles. The molecule has 3 N–H and O–H groups in total. The standard InChI is InChI=1S/C23H20FN3O/c1-14-3-4-15(2)21(11-14)27-23(28)25-19-8-5-16(6-9-19)22-13-17-12-18(24)7-10-20(17)26-22/h3-13,26H,1-2H3,(H2,25,27,28). The van der Waals surface area contributed by atoms with Gasteiger partial charge < -0.3 is 15.6 Å². The van der Waals surface area contributed by atoms with Crippen LogP contribution in [0.1, 0.15) is 11.1 Å². The number of benzene rings is 3. The monoisotopic (exact) mass is 373 g/mol. The molecule has 4 aromatic rings. The lowest BCUT2D eigenvalue weighted by Crippen LogP contribution is -2.20. The van der Waals surface area contributed by atoms with E-state index >= 15 is 0 Å². The number of hydrogen-bond donors (Lipinski definition) is 3. The third kappa shape index (κ3) is 3.74. The second kappa shape index (κ2) is 7.19. The van der Waals surface area contributed by atoms with Crippen LogP contribution in [0.2, 0.25) is 0 Å². The molecule has 1 aromatic heterocycles. The highest BCUT2D eigenvalue weighted by molar-refractivity contribution is 6.00. The summed E-state index contributed by atoms with van der Waals surface area (Å²) in [6.45, 7) is 3.94. The first-order valence-corrected chi connectivity index (χ1v) is 9.02. The fourth-order valence-corrected chi connectivity index (χ4v) is 3.15. The van der Waals surface area contributed by atoms with Crippen molar-refractivity contribution in [2.75, 3.05) is 10.6 Å². The fraction of sp³-hybridized carbons (Fsp3) is 0.0870. The normalized spacial score (nSPS) is 10.8. The zero-order chi connectivity index (χ0) is 19.7. The van der Waals surface area contributed by atoms with E-state index < -0.39 is 0 Å². The lowest BCUT2D eigenvalue weighted by atomic mass is 10.1. The zero-order valence-electron chi connectivity index (χ0n) is 15.6. The lowest BCUT2D eigenvalue weighted by Gasteiger charge is -2.11. The molecule has 0 aliphatic carbocycles. The van der Waals surface area contributed by atoms with E-state index in [9.17, 15) is 9.18 Å². The minimum atomic E-state index is -0.289. The molecular formula is C23H20FN3O. The van der Waals surface area contributed by atoms with E-state index in [-0.39, 0.29) is 11.8 Å². The number of amides is 2. The van der Waals surface area contributed by atoms with Gasteiger partial charge in [0, 0.05) is 28.0 Å². The number of carbonyl (C=O) groups excluding carboxylic acids is 1. The van der Waals surface area contributed by atoms with Gasteiger partial charge in [0.2, 0.25) is 0 Å². The number of halogens is 1. The predicted molar refractivity (Wildman–Crippen MR) is 112 cm³/mol. The first-order chi connectivity index (χ1) is 13.5. The summed E-state index contributed by atoms with van der Waals surface area (Å²) >= 11 is 0. The molecule has 0 saturated carbocycles. The predicted octanol–water partition coefficient (Wildman–Crippen LogP) is 6.23. The molecule has 0 unspecified atom stereocenters. The smallest absolute Gasteiger partial charge is 0.323 e. The lowest BCUT2D eigenvalue weighted by molar-refractivity contribution is 0.262. The zero-order valence-corrected chi connectivity index (χ0v) is 15.6. The average molecular weight is 373 g/mol. The summed E-state index contributed by atoms with van der Waals surface area (Å²) in [6.07, 6.45) is 0. The SMILES string of the molecule is Cc1ccc(C)c(NC(=O)Nc2ccc(-c3cc4cc(F)ccc4[nH]3)cc2)c1. The number of aromatic amines is 1. The van der Waals surface area contributed by atoms with E-state index in [1.807, 2.05) is 62.4 Å². The average Bonchev–Trinajstić information content (AvgIpc) is 3.08. The number of fused-ring (bicyclic) bond motifs is 1. The van der Waals surface area contributed by atoms with Gasteiger partial charge in [0.25, 0.3) is 0 Å². The number of carbonyl (C=O) groups is 1. The van der Waals surface area contributed by atoms with E-state index in [1.165, 1.54) is 12.1 Å². The molecular weight excluding hydrogens is 353 g/mol. The van der Waals surface area contributed by atoms with Gasteiger partial charge in [0.1, 0.15) is 5.82 Å². The number of rotatable bonds is 3. The van der Waals surface area contributed by atoms with Crippen LogP contribution >= 0.6 is 0 Å². The molecule has 0 bridgehead atoms. The summed E-state index contributed by atoms with van der Waals surface area (Å²) in [7, 11) is 0. The van der Waals surface area contributed by atoms with Crippen LogP contribution in [0.3, 0.4) is 0 Å². The van der Waals surface area contributed by atoms with Crippen LogP contribution in [0.25, 0.3) is 22.2 Å². The highest BCUT2D eigenvalue weighted by atomic mass is 19.1. The molecule has 0 atom stereocenters. The fourth-order valence-electron chi connectivity index (χ4n) is 3.15. The van der Waals surface area contributed by atoms with Crippen LogP contribution in [-0.4, -0.2) is 11.0 Å². The van der Waals surface area contributed by atoms with Crippen molar-refractivity contribution in [1.29, 1.82) is 0 Å². The highest BCUT2D eigenvalue weighted by Gasteiger charge is 2.07. The molecule has 0 aliphatic heterocycles. The molecule has 28 heavy (non-hydrogen) atoms. The summed E-state index contributed by atoms with van der Waals surface area (Å²) in [5, 5.41) is 6.54. The summed E-state index contributed by atoms with van der Waals surface area (Å²) < 4.78 is 13.4. The van der Waals surface area contributed by atoms with Crippen molar-refractivity contribution in [1.82, 2.24) is 4.98 Å². The van der Waals surface area contributed by atoms with Crippen molar-refractivity contribution in [3.05, 3.63) is 83.7 Å². The summed E-state index contributed by atoms with van der Waals surface area (Å²) in [5.41, 5.74) is 6.30. The van der Waals surface area contributed by atoms with Crippen molar-refractivity contribution in [2.24, 2.45) is 0 Å². The van der Waals surface area contributed by atoms with Gasteiger partial charge in [-0.1, -0.05) is 24.3 Å². The van der Waals surface area contributed by atoms with Crippen molar-refractivity contribution in [3.63, 3.8) is 0 Å². The Bertz CT molecular complexity index is 1160. The molecule has 4 nitrogen and oxygen atoms in total. The van der Waals surface area contributed by atoms with Gasteiger partial charge in [-0.2, -0.15) is 0 Å². The number of anilines is 2. The number of aromatic nitrogens is 1. The summed E-state index contributed by atoms with van der Waals surface area (Å²) in [6, 6.07) is 19.7. The Labute approximate surface area is 162 Å². The van der Waals surface area contributed by atoms with Crippen LogP contribution in [-0.2, 0) is 0 Å². The molecule has 2 amide bonds. The van der Waals surface area contributed by atoms with Gasteiger partial charge in [-0.3, -0.25) is 0 Å². The van der Waals surface area contributed by atoms with E-state index in [2.05, 4.69) is 15.6 Å². The van der Waals surface area contributed by atoms with Crippen molar-refractivity contribution in [3.8, 4) is 11.3 Å². The minimum Gasteiger partial charge on any atom is -0.355 e. The molecule has 0 radical (unpaired) electrons. The van der Waals surface area contributed by atoms with Gasteiger partial charge in [-0.05, 0) is 73.0 Å². The van der Waals surface area contributed by atoms with Crippen LogP contribution in [0.4, 0.5) is 20.6 Å². The third-order valence-electron chi connectivity index (χ3n) is 4.68. The molecule has 5 heteroatoms. The minimum absolute atomic E-state index is 0.257. The first kappa shape index (κ1) is 17.8. The quantitative estimate of drug-likeness (QED) is 0.391. The van der Waals surface area contributed by atoms with Gasteiger partial charge in [0.15, 0.2) is 0 Å². The number of hydrogen-bond acceptors (Lipinski definition) is 1. The molecule has 1 heterocycles. The molecule has 0 spiro atoms. The first-order valence-electron chi connectivity index (χ1n) is 9.02. The molecule has 140 valence electrons. The second-order valence-corrected chi connectivity index (χ2v) is 6.89. The van der Waals surface area contributed by atoms with Crippen LogP contribution < -0.4 is 10.6 Å². The molecule has 0 aliphatic rings. The molecule has 3 aromatic carbocycles. The number of nitrogens with one attached hydrogen (secondary N) is 3. The third-order valence-corrected chi connectivity index (χ3v) is 4.68. The van der Waals surface area contributed by atoms with E-state index in [0.29, 0.717) is 5.69 Å². The largest absolute Gasteiger partial charge is 0.355 e. The van der Waals surface area contributed by atoms with Crippen LogP contribution in [0.5, 0.6) is 0 Å². The Morgan fingerprint density at radius 2 is 1.68 bits per heavy atom. The topological polar surface area (TPSA) is 56.9 Å². The summed E-state index contributed by atoms with van der Waals surface area (Å²) in [5.74, 6) is -0.257. The Balaban J connectivity index is 1.48. The van der Waals surface area contributed by atoms with Crippen molar-refractivity contribution < 1.29 is 9.18 Å². The highest BCUT2D eigenvalue weighted by Crippen LogP contribution is 2.26. The van der Waals surface area contributed by atoms with Crippen LogP contribution in [0.15, 0.2) is 66.7 Å². The van der Waals surface area contributed by atoms with Crippen molar-refractivity contribution >= 4 is 28.3 Å². The van der Waals surface area contributed by atoms with E-state index in [0.717, 1.165) is 39.0 Å². The van der Waals surface area contributed by atoms with E-state index in [4.69, 9.17) is 0 Å².